The van der Waals surface area contributed by atoms with Gasteiger partial charge in [0, 0.05) is 17.7 Å². The summed E-state index contributed by atoms with van der Waals surface area (Å²) in [5.41, 5.74) is 5.92. The van der Waals surface area contributed by atoms with Gasteiger partial charge in [-0.05, 0) is 25.5 Å². The highest BCUT2D eigenvalue weighted by molar-refractivity contribution is 6.07. The molecule has 0 spiro atoms. The fourth-order valence-corrected chi connectivity index (χ4v) is 2.19. The van der Waals surface area contributed by atoms with E-state index in [1.54, 1.807) is 31.2 Å². The molecule has 0 saturated heterocycles. The van der Waals surface area contributed by atoms with Crippen molar-refractivity contribution >= 4 is 29.7 Å². The fourth-order valence-electron chi connectivity index (χ4n) is 2.19. The minimum Gasteiger partial charge on any atom is -0.481 e. The Kier molecular flexibility index (Phi) is 6.21. The second kappa shape index (κ2) is 8.57. The lowest BCUT2D eigenvalue weighted by atomic mass is 9.99. The molecule has 132 valence electrons. The van der Waals surface area contributed by atoms with Gasteiger partial charge in [-0.3, -0.25) is 9.59 Å². The highest BCUT2D eigenvalue weighted by Crippen LogP contribution is 2.16. The standard InChI is InChI=1S/C16H18N4O5/c1-10-12(16(24)20-18-10)6-7-14(21)19-17-8-11-4-2-3-5-13(11)25-9-15(22)23/h2-5,8,12H,6-7,9H2,1H3,(H,19,21)(H,20,24)(H,22,23)/b17-8+. The van der Waals surface area contributed by atoms with Gasteiger partial charge in [-0.1, -0.05) is 12.1 Å². The van der Waals surface area contributed by atoms with Gasteiger partial charge in [-0.25, -0.2) is 15.6 Å². The van der Waals surface area contributed by atoms with Crippen molar-refractivity contribution in [3.63, 3.8) is 0 Å². The van der Waals surface area contributed by atoms with Crippen LogP contribution in [0.15, 0.2) is 34.5 Å². The summed E-state index contributed by atoms with van der Waals surface area (Å²) in [5.74, 6) is -1.68. The number of benzene rings is 1. The minimum absolute atomic E-state index is 0.124. The van der Waals surface area contributed by atoms with E-state index in [1.165, 1.54) is 6.21 Å². The number of carboxylic acids is 1. The van der Waals surface area contributed by atoms with E-state index in [0.717, 1.165) is 0 Å². The van der Waals surface area contributed by atoms with E-state index in [0.29, 0.717) is 23.4 Å². The first kappa shape index (κ1) is 18.1. The van der Waals surface area contributed by atoms with Crippen LogP contribution >= 0.6 is 0 Å². The van der Waals surface area contributed by atoms with Gasteiger partial charge in [0.15, 0.2) is 6.61 Å². The maximum atomic E-state index is 11.8. The van der Waals surface area contributed by atoms with Crippen LogP contribution in [-0.4, -0.2) is 41.4 Å². The number of hydrogen-bond donors (Lipinski definition) is 3. The van der Waals surface area contributed by atoms with Crippen molar-refractivity contribution in [2.24, 2.45) is 16.1 Å². The van der Waals surface area contributed by atoms with Crippen LogP contribution in [0.3, 0.4) is 0 Å². The molecule has 0 radical (unpaired) electrons. The lowest BCUT2D eigenvalue weighted by molar-refractivity contribution is -0.139. The molecule has 2 rings (SSSR count). The maximum Gasteiger partial charge on any atom is 0.341 e. The van der Waals surface area contributed by atoms with Gasteiger partial charge < -0.3 is 9.84 Å². The molecular formula is C16H18N4O5. The van der Waals surface area contributed by atoms with Crippen molar-refractivity contribution in [3.8, 4) is 5.75 Å². The number of carbonyl (C=O) groups excluding carboxylic acids is 2. The quantitative estimate of drug-likeness (QED) is 0.466. The summed E-state index contributed by atoms with van der Waals surface area (Å²) >= 11 is 0. The molecule has 1 unspecified atom stereocenters. The number of amides is 2. The zero-order chi connectivity index (χ0) is 18.2. The molecule has 1 aromatic rings. The van der Waals surface area contributed by atoms with E-state index >= 15 is 0 Å². The highest BCUT2D eigenvalue weighted by atomic mass is 16.5. The molecule has 1 aliphatic heterocycles. The Bertz CT molecular complexity index is 729. The van der Waals surface area contributed by atoms with Crippen LogP contribution in [-0.2, 0) is 14.4 Å². The summed E-state index contributed by atoms with van der Waals surface area (Å²) in [5, 5.41) is 16.3. The van der Waals surface area contributed by atoms with Gasteiger partial charge in [0.2, 0.25) is 11.8 Å². The first-order chi connectivity index (χ1) is 12.0. The molecule has 2 amide bonds. The number of carboxylic acid groups (broad SMARTS) is 1. The average Bonchev–Trinajstić information content (AvgIpc) is 2.90. The monoisotopic (exact) mass is 346 g/mol. The van der Waals surface area contributed by atoms with E-state index in [9.17, 15) is 14.4 Å². The molecule has 0 aromatic heterocycles. The Labute approximate surface area is 143 Å². The second-order valence-electron chi connectivity index (χ2n) is 5.33. The Morgan fingerprint density at radius 3 is 2.88 bits per heavy atom. The maximum absolute atomic E-state index is 11.8. The molecule has 25 heavy (non-hydrogen) atoms. The van der Waals surface area contributed by atoms with Gasteiger partial charge in [0.25, 0.3) is 0 Å². The number of hydrazone groups is 2. The van der Waals surface area contributed by atoms with E-state index < -0.39 is 12.6 Å². The Hall–Kier alpha value is -3.23. The number of ether oxygens (including phenoxy) is 1. The van der Waals surface area contributed by atoms with Crippen LogP contribution in [0, 0.1) is 5.92 Å². The van der Waals surface area contributed by atoms with E-state index in [2.05, 4.69) is 21.1 Å². The molecule has 9 heteroatoms. The molecule has 9 nitrogen and oxygen atoms in total. The molecule has 1 aliphatic rings. The van der Waals surface area contributed by atoms with Gasteiger partial charge >= 0.3 is 5.97 Å². The largest absolute Gasteiger partial charge is 0.481 e. The molecule has 0 aliphatic carbocycles. The summed E-state index contributed by atoms with van der Waals surface area (Å²) in [4.78, 5) is 33.9. The molecule has 0 bridgehead atoms. The number of rotatable bonds is 8. The van der Waals surface area contributed by atoms with Gasteiger partial charge in [-0.2, -0.15) is 10.2 Å². The third kappa shape index (κ3) is 5.41. The zero-order valence-electron chi connectivity index (χ0n) is 13.6. The average molecular weight is 346 g/mol. The summed E-state index contributed by atoms with van der Waals surface area (Å²) in [6, 6.07) is 6.71. The molecule has 1 heterocycles. The molecule has 0 fully saturated rings. The molecule has 3 N–H and O–H groups in total. The molecular weight excluding hydrogens is 328 g/mol. The van der Waals surface area contributed by atoms with E-state index in [-0.39, 0.29) is 24.2 Å². The van der Waals surface area contributed by atoms with Crippen LogP contribution in [0.25, 0.3) is 0 Å². The SMILES string of the molecule is CC1=NNC(=O)C1CCC(=O)N/N=C/c1ccccc1OCC(=O)O. The summed E-state index contributed by atoms with van der Waals surface area (Å²) in [6.07, 6.45) is 1.84. The second-order valence-corrected chi connectivity index (χ2v) is 5.33. The van der Waals surface area contributed by atoms with Crippen LogP contribution in [0.4, 0.5) is 0 Å². The molecule has 1 atom stereocenters. The minimum atomic E-state index is -1.09. The van der Waals surface area contributed by atoms with Gasteiger partial charge in [0.1, 0.15) is 5.75 Å². The van der Waals surface area contributed by atoms with Crippen LogP contribution < -0.4 is 15.6 Å². The predicted octanol–water partition coefficient (Wildman–Crippen LogP) is 0.502. The van der Waals surface area contributed by atoms with E-state index in [4.69, 9.17) is 9.84 Å². The lowest BCUT2D eigenvalue weighted by Gasteiger charge is -2.07. The first-order valence-electron chi connectivity index (χ1n) is 7.57. The number of hydrogen-bond acceptors (Lipinski definition) is 6. The molecule has 1 aromatic carbocycles. The summed E-state index contributed by atoms with van der Waals surface area (Å²) in [6.45, 7) is 1.26. The number of nitrogens with one attached hydrogen (secondary N) is 2. The Morgan fingerprint density at radius 1 is 1.44 bits per heavy atom. The van der Waals surface area contributed by atoms with Gasteiger partial charge in [-0.15, -0.1) is 0 Å². The number of para-hydroxylation sites is 1. The zero-order valence-corrected chi connectivity index (χ0v) is 13.6. The predicted molar refractivity (Wildman–Crippen MR) is 89.3 cm³/mol. The number of aliphatic carboxylic acids is 1. The van der Waals surface area contributed by atoms with Crippen LogP contribution in [0.1, 0.15) is 25.3 Å². The summed E-state index contributed by atoms with van der Waals surface area (Å²) in [7, 11) is 0. The first-order valence-corrected chi connectivity index (χ1v) is 7.57. The fraction of sp³-hybridized carbons (Fsp3) is 0.312. The van der Waals surface area contributed by atoms with Crippen molar-refractivity contribution in [2.75, 3.05) is 6.61 Å². The summed E-state index contributed by atoms with van der Waals surface area (Å²) < 4.78 is 5.13. The third-order valence-electron chi connectivity index (χ3n) is 3.49. The third-order valence-corrected chi connectivity index (χ3v) is 3.49. The topological polar surface area (TPSA) is 129 Å². The Morgan fingerprint density at radius 2 is 2.20 bits per heavy atom. The smallest absolute Gasteiger partial charge is 0.341 e. The van der Waals surface area contributed by atoms with Crippen LogP contribution in [0.5, 0.6) is 5.75 Å². The normalized spacial score (nSPS) is 16.4. The lowest BCUT2D eigenvalue weighted by Crippen LogP contribution is -2.25. The van der Waals surface area contributed by atoms with Crippen molar-refractivity contribution in [3.05, 3.63) is 29.8 Å². The number of nitrogens with zero attached hydrogens (tertiary/aromatic N) is 2. The highest BCUT2D eigenvalue weighted by Gasteiger charge is 2.26. The Balaban J connectivity index is 1.84. The van der Waals surface area contributed by atoms with E-state index in [1.807, 2.05) is 0 Å². The van der Waals surface area contributed by atoms with Crippen molar-refractivity contribution < 1.29 is 24.2 Å². The molecule has 0 saturated carbocycles. The van der Waals surface area contributed by atoms with Gasteiger partial charge in [0.05, 0.1) is 12.1 Å². The van der Waals surface area contributed by atoms with Crippen molar-refractivity contribution in [2.45, 2.75) is 19.8 Å². The van der Waals surface area contributed by atoms with Crippen LogP contribution in [0.2, 0.25) is 0 Å². The number of carbonyl (C=O) groups is 3. The van der Waals surface area contributed by atoms with Crippen molar-refractivity contribution in [1.82, 2.24) is 10.9 Å². The van der Waals surface area contributed by atoms with Crippen molar-refractivity contribution in [1.29, 1.82) is 0 Å².